The van der Waals surface area contributed by atoms with Crippen molar-refractivity contribution in [3.63, 3.8) is 0 Å². The first-order chi connectivity index (χ1) is 10.1. The molecule has 2 unspecified atom stereocenters. The first-order valence-corrected chi connectivity index (χ1v) is 7.80. The van der Waals surface area contributed by atoms with Gasteiger partial charge in [0.2, 0.25) is 0 Å². The molecule has 21 heavy (non-hydrogen) atoms. The molecule has 2 aromatic carbocycles. The number of rotatable bonds is 3. The summed E-state index contributed by atoms with van der Waals surface area (Å²) in [5, 5.41) is 2.55. The maximum atomic E-state index is 6.44. The molecule has 3 rings (SSSR count). The highest BCUT2D eigenvalue weighted by molar-refractivity contribution is 5.83. The quantitative estimate of drug-likeness (QED) is 0.939. The van der Waals surface area contributed by atoms with Gasteiger partial charge in [-0.25, -0.2) is 0 Å². The first-order valence-electron chi connectivity index (χ1n) is 7.80. The highest BCUT2D eigenvalue weighted by atomic mass is 15.3. The van der Waals surface area contributed by atoms with Crippen molar-refractivity contribution >= 4 is 10.8 Å². The molecule has 0 bridgehead atoms. The molecule has 0 aromatic heterocycles. The summed E-state index contributed by atoms with van der Waals surface area (Å²) in [7, 11) is 2.20. The summed E-state index contributed by atoms with van der Waals surface area (Å²) in [6.45, 7) is 6.58. The maximum absolute atomic E-state index is 6.44. The number of hydrogen-bond acceptors (Lipinski definition) is 3. The second-order valence-electron chi connectivity index (χ2n) is 6.30. The lowest BCUT2D eigenvalue weighted by Gasteiger charge is -2.38. The van der Waals surface area contributed by atoms with Gasteiger partial charge in [0.05, 0.1) is 0 Å². The van der Waals surface area contributed by atoms with Crippen LogP contribution in [0.3, 0.4) is 0 Å². The number of piperazine rings is 1. The van der Waals surface area contributed by atoms with Crippen molar-refractivity contribution in [2.24, 2.45) is 5.73 Å². The molecule has 0 spiro atoms. The zero-order chi connectivity index (χ0) is 14.8. The molecule has 1 aliphatic rings. The van der Waals surface area contributed by atoms with Crippen molar-refractivity contribution in [2.45, 2.75) is 19.0 Å². The van der Waals surface area contributed by atoms with E-state index in [-0.39, 0.29) is 6.04 Å². The summed E-state index contributed by atoms with van der Waals surface area (Å²) in [6.07, 6.45) is 0. The average Bonchev–Trinajstić information content (AvgIpc) is 2.50. The number of benzene rings is 2. The minimum atomic E-state index is 0.0882. The Kier molecular flexibility index (Phi) is 4.24. The number of hydrogen-bond donors (Lipinski definition) is 1. The van der Waals surface area contributed by atoms with Crippen LogP contribution in [0.2, 0.25) is 0 Å². The van der Waals surface area contributed by atoms with Crippen molar-refractivity contribution in [3.05, 3.63) is 48.0 Å². The van der Waals surface area contributed by atoms with E-state index >= 15 is 0 Å². The molecule has 0 aliphatic carbocycles. The smallest absolute Gasteiger partial charge is 0.0424 e. The van der Waals surface area contributed by atoms with Gasteiger partial charge in [-0.3, -0.25) is 4.90 Å². The first kappa shape index (κ1) is 14.5. The summed E-state index contributed by atoms with van der Waals surface area (Å²) in [6, 6.07) is 15.7. The van der Waals surface area contributed by atoms with Crippen molar-refractivity contribution in [2.75, 3.05) is 33.2 Å². The van der Waals surface area contributed by atoms with Crippen LogP contribution < -0.4 is 5.73 Å². The summed E-state index contributed by atoms with van der Waals surface area (Å²) >= 11 is 0. The maximum Gasteiger partial charge on any atom is 0.0424 e. The topological polar surface area (TPSA) is 32.5 Å². The Morgan fingerprint density at radius 3 is 2.67 bits per heavy atom. The fraction of sp³-hybridized carbons (Fsp3) is 0.444. The predicted molar refractivity (Wildman–Crippen MR) is 89.4 cm³/mol. The van der Waals surface area contributed by atoms with Gasteiger partial charge in [0.15, 0.2) is 0 Å². The van der Waals surface area contributed by atoms with Crippen LogP contribution >= 0.6 is 0 Å². The summed E-state index contributed by atoms with van der Waals surface area (Å²) in [4.78, 5) is 4.91. The third kappa shape index (κ3) is 3.26. The molecular weight excluding hydrogens is 258 g/mol. The Balaban J connectivity index is 1.70. The van der Waals surface area contributed by atoms with Crippen LogP contribution in [-0.4, -0.2) is 49.1 Å². The lowest BCUT2D eigenvalue weighted by atomic mass is 10.0. The van der Waals surface area contributed by atoms with E-state index in [0.717, 1.165) is 26.2 Å². The second kappa shape index (κ2) is 6.14. The van der Waals surface area contributed by atoms with Crippen LogP contribution in [0.5, 0.6) is 0 Å². The molecule has 2 N–H and O–H groups in total. The lowest BCUT2D eigenvalue weighted by molar-refractivity contribution is 0.100. The Morgan fingerprint density at radius 1 is 1.14 bits per heavy atom. The van der Waals surface area contributed by atoms with E-state index in [9.17, 15) is 0 Å². The van der Waals surface area contributed by atoms with E-state index in [4.69, 9.17) is 5.73 Å². The minimum Gasteiger partial charge on any atom is -0.323 e. The van der Waals surface area contributed by atoms with Crippen molar-refractivity contribution in [1.82, 2.24) is 9.80 Å². The lowest BCUT2D eigenvalue weighted by Crippen LogP contribution is -2.51. The van der Waals surface area contributed by atoms with Crippen LogP contribution in [0, 0.1) is 0 Å². The number of nitrogens with two attached hydrogens (primary N) is 1. The van der Waals surface area contributed by atoms with Gasteiger partial charge in [0.25, 0.3) is 0 Å². The molecule has 3 heteroatoms. The van der Waals surface area contributed by atoms with Crippen molar-refractivity contribution < 1.29 is 0 Å². The van der Waals surface area contributed by atoms with Crippen LogP contribution in [0.15, 0.2) is 42.5 Å². The molecule has 1 aliphatic heterocycles. The van der Waals surface area contributed by atoms with Gasteiger partial charge in [-0.15, -0.1) is 0 Å². The van der Waals surface area contributed by atoms with E-state index < -0.39 is 0 Å². The molecular formula is C18H25N3. The van der Waals surface area contributed by atoms with Crippen LogP contribution in [0.25, 0.3) is 10.8 Å². The third-order valence-electron chi connectivity index (χ3n) is 4.70. The molecule has 1 saturated heterocycles. The van der Waals surface area contributed by atoms with Gasteiger partial charge < -0.3 is 10.6 Å². The van der Waals surface area contributed by atoms with Crippen molar-refractivity contribution in [3.8, 4) is 0 Å². The van der Waals surface area contributed by atoms with Gasteiger partial charge >= 0.3 is 0 Å². The molecule has 0 amide bonds. The Labute approximate surface area is 127 Å². The zero-order valence-corrected chi connectivity index (χ0v) is 13.0. The third-order valence-corrected chi connectivity index (χ3v) is 4.70. The monoisotopic (exact) mass is 283 g/mol. The molecule has 2 aromatic rings. The predicted octanol–water partition coefficient (Wildman–Crippen LogP) is 2.48. The minimum absolute atomic E-state index is 0.0882. The Bertz CT molecular complexity index is 610. The van der Waals surface area contributed by atoms with E-state index in [1.165, 1.54) is 16.3 Å². The molecule has 2 atom stereocenters. The van der Waals surface area contributed by atoms with Crippen LogP contribution in [0.4, 0.5) is 0 Å². The summed E-state index contributed by atoms with van der Waals surface area (Å²) in [5.74, 6) is 0. The number of nitrogens with zero attached hydrogens (tertiary/aromatic N) is 2. The molecule has 0 radical (unpaired) electrons. The van der Waals surface area contributed by atoms with E-state index in [1.807, 2.05) is 0 Å². The normalized spacial score (nSPS) is 22.5. The van der Waals surface area contributed by atoms with E-state index in [1.54, 1.807) is 0 Å². The molecule has 3 nitrogen and oxygen atoms in total. The summed E-state index contributed by atoms with van der Waals surface area (Å²) < 4.78 is 0. The van der Waals surface area contributed by atoms with Gasteiger partial charge in [0.1, 0.15) is 0 Å². The average molecular weight is 283 g/mol. The van der Waals surface area contributed by atoms with Gasteiger partial charge in [-0.05, 0) is 36.4 Å². The van der Waals surface area contributed by atoms with Gasteiger partial charge in [0, 0.05) is 38.3 Å². The van der Waals surface area contributed by atoms with Crippen LogP contribution in [-0.2, 0) is 0 Å². The van der Waals surface area contributed by atoms with Crippen molar-refractivity contribution in [1.29, 1.82) is 0 Å². The Morgan fingerprint density at radius 2 is 1.90 bits per heavy atom. The largest absolute Gasteiger partial charge is 0.323 e. The molecule has 112 valence electrons. The Hall–Kier alpha value is -1.42. The molecule has 1 heterocycles. The number of fused-ring (bicyclic) bond motifs is 1. The fourth-order valence-corrected chi connectivity index (χ4v) is 3.11. The summed E-state index contributed by atoms with van der Waals surface area (Å²) in [5.41, 5.74) is 7.68. The highest BCUT2D eigenvalue weighted by Crippen LogP contribution is 2.20. The van der Waals surface area contributed by atoms with E-state index in [0.29, 0.717) is 6.04 Å². The molecule has 1 fully saturated rings. The standard InChI is InChI=1S/C18H25N3/c1-14-12-21(10-9-20(14)2)13-18(19)17-8-7-15-5-3-4-6-16(15)11-17/h3-8,11,14,18H,9-10,12-13,19H2,1-2H3. The van der Waals surface area contributed by atoms with Gasteiger partial charge in [-0.1, -0.05) is 36.4 Å². The fourth-order valence-electron chi connectivity index (χ4n) is 3.11. The zero-order valence-electron chi connectivity index (χ0n) is 13.0. The van der Waals surface area contributed by atoms with Crippen LogP contribution in [0.1, 0.15) is 18.5 Å². The van der Waals surface area contributed by atoms with Gasteiger partial charge in [-0.2, -0.15) is 0 Å². The second-order valence-corrected chi connectivity index (χ2v) is 6.30. The van der Waals surface area contributed by atoms with E-state index in [2.05, 4.69) is 66.2 Å². The SMILES string of the molecule is CC1CN(CC(N)c2ccc3ccccc3c2)CCN1C. The highest BCUT2D eigenvalue weighted by Gasteiger charge is 2.22. The molecule has 0 saturated carbocycles. The number of likely N-dealkylation sites (N-methyl/N-ethyl adjacent to an activating group) is 1.